The lowest BCUT2D eigenvalue weighted by Crippen LogP contribution is -2.29. The van der Waals surface area contributed by atoms with Gasteiger partial charge in [0.2, 0.25) is 4.96 Å². The lowest BCUT2D eigenvalue weighted by Gasteiger charge is -2.10. The molecule has 2 heterocycles. The second-order valence-electron chi connectivity index (χ2n) is 6.79. The Bertz CT molecular complexity index is 1390. The van der Waals surface area contributed by atoms with Gasteiger partial charge in [-0.05, 0) is 30.3 Å². The van der Waals surface area contributed by atoms with Gasteiger partial charge in [0.25, 0.3) is 11.5 Å². The van der Waals surface area contributed by atoms with E-state index in [1.807, 2.05) is 0 Å². The van der Waals surface area contributed by atoms with E-state index >= 15 is 0 Å². The molecule has 1 amide bonds. The Hall–Kier alpha value is -3.44. The maximum absolute atomic E-state index is 12.8. The standard InChI is InChI=1S/C21H14ClF3N4O3S/c22-14-5-1-3-12(7-14)19-28-29-18(31)9-15(27-20(29)33-19)10-26-17(30)11-32-16-6-2-4-13(8-16)21(23,24)25/h1-9H,10-11H2,(H,26,30). The van der Waals surface area contributed by atoms with Crippen molar-refractivity contribution in [1.82, 2.24) is 19.9 Å². The maximum atomic E-state index is 12.8. The van der Waals surface area contributed by atoms with Crippen molar-refractivity contribution in [3.8, 4) is 16.3 Å². The molecule has 0 bridgehead atoms. The first-order chi connectivity index (χ1) is 15.7. The number of benzene rings is 2. The van der Waals surface area contributed by atoms with Gasteiger partial charge in [-0.3, -0.25) is 9.59 Å². The molecule has 0 fully saturated rings. The highest BCUT2D eigenvalue weighted by Gasteiger charge is 2.30. The van der Waals surface area contributed by atoms with Gasteiger partial charge in [-0.25, -0.2) is 4.98 Å². The Labute approximate surface area is 193 Å². The van der Waals surface area contributed by atoms with E-state index in [2.05, 4.69) is 15.4 Å². The molecule has 12 heteroatoms. The number of ether oxygens (including phenoxy) is 1. The molecular weight excluding hydrogens is 481 g/mol. The van der Waals surface area contributed by atoms with Crippen LogP contribution in [0.4, 0.5) is 13.2 Å². The predicted octanol–water partition coefficient (Wildman–Crippen LogP) is 4.19. The molecule has 2 aromatic carbocycles. The van der Waals surface area contributed by atoms with Gasteiger partial charge in [0.1, 0.15) is 10.8 Å². The van der Waals surface area contributed by atoms with Crippen molar-refractivity contribution in [2.45, 2.75) is 12.7 Å². The van der Waals surface area contributed by atoms with Crippen molar-refractivity contribution in [3.05, 3.63) is 81.2 Å². The third-order valence-electron chi connectivity index (χ3n) is 4.37. The molecule has 0 atom stereocenters. The van der Waals surface area contributed by atoms with Crippen molar-refractivity contribution < 1.29 is 22.7 Å². The first-order valence-electron chi connectivity index (χ1n) is 9.41. The number of nitrogens with one attached hydrogen (secondary N) is 1. The molecule has 33 heavy (non-hydrogen) atoms. The number of amides is 1. The first kappa shape index (κ1) is 22.7. The summed E-state index contributed by atoms with van der Waals surface area (Å²) in [5.74, 6) is -0.672. The van der Waals surface area contributed by atoms with E-state index in [0.717, 1.165) is 22.2 Å². The second kappa shape index (κ2) is 9.20. The molecule has 0 aliphatic rings. The van der Waals surface area contributed by atoms with Crippen LogP contribution in [0.5, 0.6) is 5.75 Å². The molecule has 0 unspecified atom stereocenters. The number of carbonyl (C=O) groups excluding carboxylic acids is 1. The smallest absolute Gasteiger partial charge is 0.416 e. The summed E-state index contributed by atoms with van der Waals surface area (Å²) in [6.07, 6.45) is -4.51. The topological polar surface area (TPSA) is 85.6 Å². The summed E-state index contributed by atoms with van der Waals surface area (Å²) in [5, 5.41) is 7.87. The van der Waals surface area contributed by atoms with Crippen LogP contribution in [0.25, 0.3) is 15.5 Å². The normalized spacial score (nSPS) is 11.5. The Morgan fingerprint density at radius 3 is 2.70 bits per heavy atom. The van der Waals surface area contributed by atoms with Gasteiger partial charge in [-0.2, -0.15) is 22.8 Å². The van der Waals surface area contributed by atoms with Crippen LogP contribution in [-0.2, 0) is 17.5 Å². The van der Waals surface area contributed by atoms with Crippen LogP contribution in [0.15, 0.2) is 59.4 Å². The van der Waals surface area contributed by atoms with Gasteiger partial charge in [0.15, 0.2) is 6.61 Å². The number of alkyl halides is 3. The minimum absolute atomic E-state index is 0.0685. The van der Waals surface area contributed by atoms with Crippen molar-refractivity contribution in [1.29, 1.82) is 0 Å². The lowest BCUT2D eigenvalue weighted by molar-refractivity contribution is -0.137. The molecule has 0 aliphatic carbocycles. The van der Waals surface area contributed by atoms with Crippen molar-refractivity contribution in [2.75, 3.05) is 6.61 Å². The van der Waals surface area contributed by atoms with Crippen LogP contribution in [0.1, 0.15) is 11.3 Å². The Morgan fingerprint density at radius 1 is 1.15 bits per heavy atom. The second-order valence-corrected chi connectivity index (χ2v) is 8.18. The number of hydrogen-bond donors (Lipinski definition) is 1. The molecule has 0 aliphatic heterocycles. The number of rotatable bonds is 6. The van der Waals surface area contributed by atoms with Gasteiger partial charge in [0, 0.05) is 16.7 Å². The van der Waals surface area contributed by atoms with E-state index in [-0.39, 0.29) is 12.3 Å². The highest BCUT2D eigenvalue weighted by atomic mass is 35.5. The molecule has 7 nitrogen and oxygen atoms in total. The first-order valence-corrected chi connectivity index (χ1v) is 10.6. The summed E-state index contributed by atoms with van der Waals surface area (Å²) in [7, 11) is 0. The summed E-state index contributed by atoms with van der Waals surface area (Å²) in [5.41, 5.74) is -0.262. The van der Waals surface area contributed by atoms with E-state index in [0.29, 0.717) is 20.7 Å². The van der Waals surface area contributed by atoms with Gasteiger partial charge < -0.3 is 10.1 Å². The zero-order chi connectivity index (χ0) is 23.6. The highest BCUT2D eigenvalue weighted by molar-refractivity contribution is 7.19. The zero-order valence-electron chi connectivity index (χ0n) is 16.6. The molecule has 0 radical (unpaired) electrons. The number of halogens is 4. The minimum Gasteiger partial charge on any atom is -0.484 e. The van der Waals surface area contributed by atoms with Crippen molar-refractivity contribution >= 4 is 33.8 Å². The minimum atomic E-state index is -4.51. The van der Waals surface area contributed by atoms with Crippen molar-refractivity contribution in [2.24, 2.45) is 0 Å². The Balaban J connectivity index is 1.41. The van der Waals surface area contributed by atoms with Crippen LogP contribution in [-0.4, -0.2) is 27.1 Å². The molecule has 1 N–H and O–H groups in total. The molecule has 0 saturated carbocycles. The number of hydrogen-bond acceptors (Lipinski definition) is 6. The van der Waals surface area contributed by atoms with Gasteiger partial charge in [0.05, 0.1) is 17.8 Å². The molecule has 4 rings (SSSR count). The summed E-state index contributed by atoms with van der Waals surface area (Å²) in [4.78, 5) is 29.1. The fraction of sp³-hybridized carbons (Fsp3) is 0.143. The van der Waals surface area contributed by atoms with Gasteiger partial charge in [-0.15, -0.1) is 0 Å². The van der Waals surface area contributed by atoms with Crippen LogP contribution < -0.4 is 15.6 Å². The van der Waals surface area contributed by atoms with Crippen molar-refractivity contribution in [3.63, 3.8) is 0 Å². The number of carbonyl (C=O) groups is 1. The number of aromatic nitrogens is 3. The fourth-order valence-electron chi connectivity index (χ4n) is 2.84. The number of nitrogens with zero attached hydrogens (tertiary/aromatic N) is 3. The average molecular weight is 495 g/mol. The predicted molar refractivity (Wildman–Crippen MR) is 116 cm³/mol. The van der Waals surface area contributed by atoms with E-state index in [1.54, 1.807) is 24.3 Å². The summed E-state index contributed by atoms with van der Waals surface area (Å²) in [6.45, 7) is -0.567. The summed E-state index contributed by atoms with van der Waals surface area (Å²) >= 11 is 7.19. The van der Waals surface area contributed by atoms with Crippen LogP contribution in [0.2, 0.25) is 5.02 Å². The highest BCUT2D eigenvalue weighted by Crippen LogP contribution is 2.31. The molecule has 4 aromatic rings. The quantitative estimate of drug-likeness (QED) is 0.434. The van der Waals surface area contributed by atoms with E-state index < -0.39 is 29.8 Å². The largest absolute Gasteiger partial charge is 0.484 e. The van der Waals surface area contributed by atoms with Gasteiger partial charge in [-0.1, -0.05) is 41.1 Å². The monoisotopic (exact) mass is 494 g/mol. The molecular formula is C21H14ClF3N4O3S. The summed E-state index contributed by atoms with van der Waals surface area (Å²) in [6, 6.07) is 12.5. The number of fused-ring (bicyclic) bond motifs is 1. The third kappa shape index (κ3) is 5.49. The molecule has 170 valence electrons. The average Bonchev–Trinajstić information content (AvgIpc) is 3.21. The van der Waals surface area contributed by atoms with Gasteiger partial charge >= 0.3 is 6.18 Å². The van der Waals surface area contributed by atoms with E-state index in [4.69, 9.17) is 16.3 Å². The summed E-state index contributed by atoms with van der Waals surface area (Å²) < 4.78 is 44.6. The Morgan fingerprint density at radius 2 is 1.94 bits per heavy atom. The lowest BCUT2D eigenvalue weighted by atomic mass is 10.2. The van der Waals surface area contributed by atoms with Crippen LogP contribution >= 0.6 is 22.9 Å². The van der Waals surface area contributed by atoms with Crippen LogP contribution in [0, 0.1) is 0 Å². The molecule has 2 aromatic heterocycles. The zero-order valence-corrected chi connectivity index (χ0v) is 18.2. The maximum Gasteiger partial charge on any atom is 0.416 e. The van der Waals surface area contributed by atoms with E-state index in [1.165, 1.54) is 29.5 Å². The Kier molecular flexibility index (Phi) is 6.34. The molecule has 0 saturated heterocycles. The molecule has 0 spiro atoms. The van der Waals surface area contributed by atoms with E-state index in [9.17, 15) is 22.8 Å². The fourth-order valence-corrected chi connectivity index (χ4v) is 3.95. The third-order valence-corrected chi connectivity index (χ3v) is 5.56. The SMILES string of the molecule is O=C(COc1cccc(C(F)(F)F)c1)NCc1cc(=O)n2nc(-c3cccc(Cl)c3)sc2n1. The van der Waals surface area contributed by atoms with Crippen LogP contribution in [0.3, 0.4) is 0 Å².